The van der Waals surface area contributed by atoms with Gasteiger partial charge in [0.25, 0.3) is 0 Å². The minimum Gasteiger partial charge on any atom is -0.480 e. The maximum absolute atomic E-state index is 11.9. The summed E-state index contributed by atoms with van der Waals surface area (Å²) in [5.74, 6) is -1.13. The Balaban J connectivity index is 1.88. The lowest BCUT2D eigenvalue weighted by Gasteiger charge is -2.26. The molecule has 0 aromatic heterocycles. The van der Waals surface area contributed by atoms with Crippen LogP contribution in [-0.2, 0) is 16.0 Å². The second-order valence-corrected chi connectivity index (χ2v) is 5.89. The number of aliphatic carboxylic acids is 1. The first kappa shape index (κ1) is 14.9. The molecular formula is C15H18ClNO3. The largest absolute Gasteiger partial charge is 0.480 e. The molecule has 1 saturated carbocycles. The minimum absolute atomic E-state index is 0.0551. The molecule has 20 heavy (non-hydrogen) atoms. The standard InChI is InChI=1S/C15H18ClNO3/c1-15(14(19)20,11-5-6-11)17-13(18)9-4-10-2-7-12(16)8-3-10/h2-3,7-8,11H,4-6,9H2,1H3,(H,17,18)(H,19,20)/t15-/m0/s1. The quantitative estimate of drug-likeness (QED) is 0.848. The number of carbonyl (C=O) groups excluding carboxylic acids is 1. The number of carboxylic acid groups (broad SMARTS) is 1. The fraction of sp³-hybridized carbons (Fsp3) is 0.467. The third-order valence-electron chi connectivity index (χ3n) is 3.79. The van der Waals surface area contributed by atoms with Crippen LogP contribution in [0.5, 0.6) is 0 Å². The average Bonchev–Trinajstić information content (AvgIpc) is 3.22. The van der Waals surface area contributed by atoms with Crippen LogP contribution in [0.1, 0.15) is 31.7 Å². The van der Waals surface area contributed by atoms with Crippen LogP contribution in [0.4, 0.5) is 0 Å². The molecule has 4 nitrogen and oxygen atoms in total. The lowest BCUT2D eigenvalue weighted by molar-refractivity contribution is -0.147. The zero-order valence-electron chi connectivity index (χ0n) is 11.4. The van der Waals surface area contributed by atoms with Crippen LogP contribution in [-0.4, -0.2) is 22.5 Å². The van der Waals surface area contributed by atoms with E-state index in [4.69, 9.17) is 11.6 Å². The van der Waals surface area contributed by atoms with Gasteiger partial charge >= 0.3 is 5.97 Å². The summed E-state index contributed by atoms with van der Waals surface area (Å²) in [7, 11) is 0. The second-order valence-electron chi connectivity index (χ2n) is 5.46. The SMILES string of the molecule is C[C@@](NC(=O)CCc1ccc(Cl)cc1)(C(=O)O)C1CC1. The van der Waals surface area contributed by atoms with E-state index in [1.54, 1.807) is 19.1 Å². The van der Waals surface area contributed by atoms with Crippen molar-refractivity contribution < 1.29 is 14.7 Å². The summed E-state index contributed by atoms with van der Waals surface area (Å²) >= 11 is 5.79. The Labute approximate surface area is 123 Å². The third-order valence-corrected chi connectivity index (χ3v) is 4.04. The van der Waals surface area contributed by atoms with Crippen molar-refractivity contribution in [3.63, 3.8) is 0 Å². The third kappa shape index (κ3) is 3.51. The molecule has 1 fully saturated rings. The van der Waals surface area contributed by atoms with Gasteiger partial charge in [0.05, 0.1) is 0 Å². The number of nitrogens with one attached hydrogen (secondary N) is 1. The minimum atomic E-state index is -1.13. The van der Waals surface area contributed by atoms with E-state index in [2.05, 4.69) is 5.32 Å². The van der Waals surface area contributed by atoms with Crippen LogP contribution in [0.15, 0.2) is 24.3 Å². The van der Waals surface area contributed by atoms with Crippen LogP contribution < -0.4 is 5.32 Å². The molecule has 0 radical (unpaired) electrons. The number of carboxylic acids is 1. The van der Waals surface area contributed by atoms with Gasteiger partial charge in [0.2, 0.25) is 5.91 Å². The Hall–Kier alpha value is -1.55. The lowest BCUT2D eigenvalue weighted by atomic mass is 9.95. The molecule has 5 heteroatoms. The molecule has 108 valence electrons. The summed E-state index contributed by atoms with van der Waals surface area (Å²) in [5, 5.41) is 12.6. The van der Waals surface area contributed by atoms with E-state index < -0.39 is 11.5 Å². The van der Waals surface area contributed by atoms with Crippen LogP contribution in [0.25, 0.3) is 0 Å². The molecule has 1 aromatic carbocycles. The van der Waals surface area contributed by atoms with Gasteiger partial charge in [-0.25, -0.2) is 4.79 Å². The van der Waals surface area contributed by atoms with E-state index >= 15 is 0 Å². The zero-order valence-corrected chi connectivity index (χ0v) is 12.1. The van der Waals surface area contributed by atoms with Gasteiger partial charge in [0, 0.05) is 11.4 Å². The molecule has 1 aromatic rings. The van der Waals surface area contributed by atoms with Crippen molar-refractivity contribution in [2.24, 2.45) is 5.92 Å². The number of benzene rings is 1. The first-order valence-electron chi connectivity index (χ1n) is 6.70. The van der Waals surface area contributed by atoms with Gasteiger partial charge < -0.3 is 10.4 Å². The van der Waals surface area contributed by atoms with Gasteiger partial charge in [-0.1, -0.05) is 23.7 Å². The summed E-state index contributed by atoms with van der Waals surface area (Å²) in [4.78, 5) is 23.3. The van der Waals surface area contributed by atoms with Crippen molar-refractivity contribution in [2.45, 2.75) is 38.1 Å². The predicted octanol–water partition coefficient (Wildman–Crippen LogP) is 2.64. The molecule has 0 aliphatic heterocycles. The van der Waals surface area contributed by atoms with Crippen LogP contribution in [0.3, 0.4) is 0 Å². The van der Waals surface area contributed by atoms with E-state index in [0.29, 0.717) is 11.4 Å². The zero-order chi connectivity index (χ0) is 14.8. The van der Waals surface area contributed by atoms with Crippen molar-refractivity contribution in [3.8, 4) is 0 Å². The van der Waals surface area contributed by atoms with Gasteiger partial charge in [0.1, 0.15) is 5.54 Å². The first-order chi connectivity index (χ1) is 9.41. The van der Waals surface area contributed by atoms with Gasteiger partial charge in [-0.05, 0) is 49.8 Å². The molecule has 0 spiro atoms. The smallest absolute Gasteiger partial charge is 0.329 e. The normalized spacial score (nSPS) is 17.3. The van der Waals surface area contributed by atoms with Crippen molar-refractivity contribution >= 4 is 23.5 Å². The fourth-order valence-electron chi connectivity index (χ4n) is 2.25. The summed E-state index contributed by atoms with van der Waals surface area (Å²) in [5.41, 5.74) is -0.120. The number of carbonyl (C=O) groups is 2. The Morgan fingerprint density at radius 1 is 1.35 bits per heavy atom. The molecule has 2 rings (SSSR count). The Bertz CT molecular complexity index is 510. The second kappa shape index (κ2) is 5.83. The van der Waals surface area contributed by atoms with Crippen molar-refractivity contribution in [1.82, 2.24) is 5.32 Å². The number of hydrogen-bond donors (Lipinski definition) is 2. The number of hydrogen-bond acceptors (Lipinski definition) is 2. The molecule has 1 atom stereocenters. The molecular weight excluding hydrogens is 278 g/mol. The van der Waals surface area contributed by atoms with Crippen LogP contribution in [0.2, 0.25) is 5.02 Å². The van der Waals surface area contributed by atoms with E-state index in [0.717, 1.165) is 18.4 Å². The molecule has 1 aliphatic carbocycles. The maximum atomic E-state index is 11.9. The molecule has 2 N–H and O–H groups in total. The Morgan fingerprint density at radius 2 is 1.95 bits per heavy atom. The highest BCUT2D eigenvalue weighted by molar-refractivity contribution is 6.30. The highest BCUT2D eigenvalue weighted by Gasteiger charge is 2.48. The van der Waals surface area contributed by atoms with Gasteiger partial charge in [-0.15, -0.1) is 0 Å². The van der Waals surface area contributed by atoms with Gasteiger partial charge in [-0.2, -0.15) is 0 Å². The number of rotatable bonds is 6. The Kier molecular flexibility index (Phi) is 4.33. The molecule has 1 aliphatic rings. The van der Waals surface area contributed by atoms with Crippen molar-refractivity contribution in [2.75, 3.05) is 0 Å². The lowest BCUT2D eigenvalue weighted by Crippen LogP contribution is -2.54. The van der Waals surface area contributed by atoms with Gasteiger partial charge in [0.15, 0.2) is 0 Å². The van der Waals surface area contributed by atoms with Crippen LogP contribution in [0, 0.1) is 5.92 Å². The summed E-state index contributed by atoms with van der Waals surface area (Å²) < 4.78 is 0. The number of halogens is 1. The van der Waals surface area contributed by atoms with Crippen molar-refractivity contribution in [1.29, 1.82) is 0 Å². The monoisotopic (exact) mass is 295 g/mol. The van der Waals surface area contributed by atoms with E-state index in [-0.39, 0.29) is 18.2 Å². The summed E-state index contributed by atoms with van der Waals surface area (Å²) in [6.07, 6.45) is 2.57. The highest BCUT2D eigenvalue weighted by atomic mass is 35.5. The molecule has 1 amide bonds. The van der Waals surface area contributed by atoms with E-state index in [1.165, 1.54) is 0 Å². The maximum Gasteiger partial charge on any atom is 0.329 e. The summed E-state index contributed by atoms with van der Waals surface area (Å²) in [6, 6.07) is 7.29. The van der Waals surface area contributed by atoms with Gasteiger partial charge in [-0.3, -0.25) is 4.79 Å². The predicted molar refractivity (Wildman–Crippen MR) is 76.7 cm³/mol. The van der Waals surface area contributed by atoms with E-state index in [1.807, 2.05) is 12.1 Å². The topological polar surface area (TPSA) is 66.4 Å². The van der Waals surface area contributed by atoms with E-state index in [9.17, 15) is 14.7 Å². The van der Waals surface area contributed by atoms with Crippen LogP contribution >= 0.6 is 11.6 Å². The fourth-order valence-corrected chi connectivity index (χ4v) is 2.38. The average molecular weight is 296 g/mol. The number of amides is 1. The van der Waals surface area contributed by atoms with Crippen molar-refractivity contribution in [3.05, 3.63) is 34.9 Å². The molecule has 0 bridgehead atoms. The number of aryl methyl sites for hydroxylation is 1. The molecule has 0 unspecified atom stereocenters. The first-order valence-corrected chi connectivity index (χ1v) is 7.08. The Morgan fingerprint density at radius 3 is 2.45 bits per heavy atom. The molecule has 0 heterocycles. The summed E-state index contributed by atoms with van der Waals surface area (Å²) in [6.45, 7) is 1.59. The highest BCUT2D eigenvalue weighted by Crippen LogP contribution is 2.39. The molecule has 0 saturated heterocycles.